The van der Waals surface area contributed by atoms with Crippen molar-refractivity contribution in [2.75, 3.05) is 0 Å². The van der Waals surface area contributed by atoms with Gasteiger partial charge >= 0.3 is 0 Å². The van der Waals surface area contributed by atoms with Gasteiger partial charge in [0.2, 0.25) is 0 Å². The molecule has 0 heterocycles. The highest BCUT2D eigenvalue weighted by molar-refractivity contribution is 5.97. The summed E-state index contributed by atoms with van der Waals surface area (Å²) in [7, 11) is 0. The number of hydroxylamine groups is 1. The van der Waals surface area contributed by atoms with E-state index in [-0.39, 0.29) is 11.4 Å². The van der Waals surface area contributed by atoms with Crippen LogP contribution in [0.3, 0.4) is 0 Å². The average molecular weight is 380 g/mol. The molecular weight excluding hydrogens is 363 g/mol. The standard InChI is InChI=1S/C21H17FN2O4/c1-14(25)19(21(27)24-28)23-20(26)17-11-9-15(10-12-17)5-2-3-6-16-7-4-8-18(22)13-16/h4,7-14,19,25,28H,1H3,(H,23,26)(H,24,27)/t14-,19+/m1/s1. The fourth-order valence-corrected chi connectivity index (χ4v) is 2.18. The third-order valence-corrected chi connectivity index (χ3v) is 3.61. The second kappa shape index (κ2) is 9.89. The van der Waals surface area contributed by atoms with Crippen molar-refractivity contribution in [2.24, 2.45) is 0 Å². The number of aliphatic hydroxyl groups excluding tert-OH is 1. The third kappa shape index (κ3) is 5.96. The van der Waals surface area contributed by atoms with E-state index in [0.29, 0.717) is 11.1 Å². The number of rotatable bonds is 4. The lowest BCUT2D eigenvalue weighted by molar-refractivity contribution is -0.133. The molecule has 0 aromatic heterocycles. The van der Waals surface area contributed by atoms with Gasteiger partial charge in [0, 0.05) is 16.7 Å². The predicted octanol–water partition coefficient (Wildman–Crippen LogP) is 1.21. The van der Waals surface area contributed by atoms with Crippen LogP contribution in [-0.4, -0.2) is 34.3 Å². The molecule has 0 fully saturated rings. The minimum absolute atomic E-state index is 0.243. The van der Waals surface area contributed by atoms with Crippen LogP contribution in [0.4, 0.5) is 4.39 Å². The maximum atomic E-state index is 13.0. The van der Waals surface area contributed by atoms with Crippen molar-refractivity contribution in [3.05, 3.63) is 71.0 Å². The molecule has 0 aliphatic carbocycles. The van der Waals surface area contributed by atoms with Crippen LogP contribution in [0, 0.1) is 29.5 Å². The van der Waals surface area contributed by atoms with E-state index >= 15 is 0 Å². The molecule has 0 bridgehead atoms. The zero-order valence-electron chi connectivity index (χ0n) is 14.9. The molecule has 0 spiro atoms. The van der Waals surface area contributed by atoms with Crippen LogP contribution in [0.1, 0.15) is 28.4 Å². The lowest BCUT2D eigenvalue weighted by Gasteiger charge is -2.19. The van der Waals surface area contributed by atoms with Crippen LogP contribution in [-0.2, 0) is 4.79 Å². The molecule has 2 aromatic carbocycles. The van der Waals surface area contributed by atoms with Gasteiger partial charge in [0.1, 0.15) is 11.9 Å². The van der Waals surface area contributed by atoms with Crippen LogP contribution in [0.5, 0.6) is 0 Å². The zero-order chi connectivity index (χ0) is 20.5. The summed E-state index contributed by atoms with van der Waals surface area (Å²) in [5.74, 6) is 8.88. The normalized spacial score (nSPS) is 11.7. The Bertz CT molecular complexity index is 979. The smallest absolute Gasteiger partial charge is 0.268 e. The Kier molecular flexibility index (Phi) is 7.29. The largest absolute Gasteiger partial charge is 0.391 e. The Hall–Kier alpha value is -3.65. The number of hydrogen-bond acceptors (Lipinski definition) is 4. The van der Waals surface area contributed by atoms with Crippen molar-refractivity contribution < 1.29 is 24.3 Å². The second-order valence-corrected chi connectivity index (χ2v) is 5.76. The molecule has 28 heavy (non-hydrogen) atoms. The molecule has 7 heteroatoms. The van der Waals surface area contributed by atoms with E-state index in [2.05, 4.69) is 29.0 Å². The van der Waals surface area contributed by atoms with Crippen molar-refractivity contribution in [1.29, 1.82) is 0 Å². The number of carbonyl (C=O) groups is 2. The van der Waals surface area contributed by atoms with Gasteiger partial charge in [0.15, 0.2) is 0 Å². The highest BCUT2D eigenvalue weighted by Crippen LogP contribution is 2.05. The minimum atomic E-state index is -1.30. The molecular formula is C21H17FN2O4. The van der Waals surface area contributed by atoms with Crippen molar-refractivity contribution in [2.45, 2.75) is 19.1 Å². The fraction of sp³-hybridized carbons (Fsp3) is 0.143. The van der Waals surface area contributed by atoms with Gasteiger partial charge in [0.05, 0.1) is 6.10 Å². The molecule has 0 saturated heterocycles. The lowest BCUT2D eigenvalue weighted by Crippen LogP contribution is -2.51. The highest BCUT2D eigenvalue weighted by Gasteiger charge is 2.25. The number of benzene rings is 2. The van der Waals surface area contributed by atoms with Gasteiger partial charge in [-0.1, -0.05) is 17.9 Å². The minimum Gasteiger partial charge on any atom is -0.391 e. The van der Waals surface area contributed by atoms with E-state index in [1.807, 2.05) is 0 Å². The van der Waals surface area contributed by atoms with Crippen molar-refractivity contribution >= 4 is 11.8 Å². The molecule has 0 unspecified atom stereocenters. The van der Waals surface area contributed by atoms with Gasteiger partial charge < -0.3 is 10.4 Å². The maximum Gasteiger partial charge on any atom is 0.268 e. The Balaban J connectivity index is 2.04. The van der Waals surface area contributed by atoms with Crippen molar-refractivity contribution in [3.8, 4) is 23.7 Å². The summed E-state index contributed by atoms with van der Waals surface area (Å²) in [6.45, 7) is 1.31. The molecule has 2 amide bonds. The van der Waals surface area contributed by atoms with Gasteiger partial charge in [-0.15, -0.1) is 0 Å². The summed E-state index contributed by atoms with van der Waals surface area (Å²) in [5.41, 5.74) is 2.75. The van der Waals surface area contributed by atoms with Gasteiger partial charge in [-0.25, -0.2) is 9.87 Å². The average Bonchev–Trinajstić information content (AvgIpc) is 2.69. The zero-order valence-corrected chi connectivity index (χ0v) is 14.9. The monoisotopic (exact) mass is 380 g/mol. The summed E-state index contributed by atoms with van der Waals surface area (Å²) in [5, 5.41) is 20.5. The number of amides is 2. The van der Waals surface area contributed by atoms with Gasteiger partial charge in [0.25, 0.3) is 11.8 Å². The highest BCUT2D eigenvalue weighted by atomic mass is 19.1. The molecule has 0 aliphatic heterocycles. The van der Waals surface area contributed by atoms with E-state index in [4.69, 9.17) is 5.21 Å². The molecule has 2 aromatic rings. The molecule has 0 radical (unpaired) electrons. The number of hydrogen-bond donors (Lipinski definition) is 4. The summed E-state index contributed by atoms with van der Waals surface area (Å²) >= 11 is 0. The Morgan fingerprint density at radius 1 is 1.04 bits per heavy atom. The lowest BCUT2D eigenvalue weighted by atomic mass is 10.1. The third-order valence-electron chi connectivity index (χ3n) is 3.61. The van der Waals surface area contributed by atoms with Gasteiger partial charge in [-0.2, -0.15) is 0 Å². The SMILES string of the molecule is C[C@@H](O)[C@H](NC(=O)c1ccc(C#CC#Cc2cccc(F)c2)cc1)C(=O)NO. The molecule has 4 N–H and O–H groups in total. The summed E-state index contributed by atoms with van der Waals surface area (Å²) in [4.78, 5) is 23.6. The Morgan fingerprint density at radius 2 is 1.68 bits per heavy atom. The Labute approximate surface area is 161 Å². The predicted molar refractivity (Wildman–Crippen MR) is 99.5 cm³/mol. The first-order valence-electron chi connectivity index (χ1n) is 8.21. The fourth-order valence-electron chi connectivity index (χ4n) is 2.18. The van der Waals surface area contributed by atoms with E-state index in [1.54, 1.807) is 24.3 Å². The first-order valence-corrected chi connectivity index (χ1v) is 8.21. The van der Waals surface area contributed by atoms with Crippen molar-refractivity contribution in [1.82, 2.24) is 10.8 Å². The molecule has 6 nitrogen and oxygen atoms in total. The van der Waals surface area contributed by atoms with Crippen LogP contribution in [0.15, 0.2) is 48.5 Å². The second-order valence-electron chi connectivity index (χ2n) is 5.76. The van der Waals surface area contributed by atoms with Crippen molar-refractivity contribution in [3.63, 3.8) is 0 Å². The van der Waals surface area contributed by atoms with E-state index in [9.17, 15) is 19.1 Å². The molecule has 2 atom stereocenters. The van der Waals surface area contributed by atoms with Crippen LogP contribution >= 0.6 is 0 Å². The molecule has 142 valence electrons. The molecule has 0 saturated carbocycles. The van der Waals surface area contributed by atoms with Gasteiger partial charge in [-0.3, -0.25) is 14.8 Å². The first-order chi connectivity index (χ1) is 13.4. The number of halogens is 1. The summed E-state index contributed by atoms with van der Waals surface area (Å²) in [6, 6.07) is 10.7. The maximum absolute atomic E-state index is 13.0. The van der Waals surface area contributed by atoms with Crippen LogP contribution in [0.25, 0.3) is 0 Å². The number of aliphatic hydroxyl groups is 1. The van der Waals surface area contributed by atoms with E-state index < -0.39 is 24.0 Å². The molecule has 0 aliphatic rings. The van der Waals surface area contributed by atoms with Gasteiger partial charge in [-0.05, 0) is 61.2 Å². The van der Waals surface area contributed by atoms with Crippen LogP contribution in [0.2, 0.25) is 0 Å². The summed E-state index contributed by atoms with van der Waals surface area (Å²) < 4.78 is 13.0. The number of nitrogens with one attached hydrogen (secondary N) is 2. The van der Waals surface area contributed by atoms with Crippen LogP contribution < -0.4 is 10.8 Å². The quantitative estimate of drug-likeness (QED) is 0.364. The summed E-state index contributed by atoms with van der Waals surface area (Å²) in [6.07, 6.45) is -1.20. The Morgan fingerprint density at radius 3 is 2.25 bits per heavy atom. The molecule has 2 rings (SSSR count). The topological polar surface area (TPSA) is 98.7 Å². The first kappa shape index (κ1) is 20.7. The van der Waals surface area contributed by atoms with E-state index in [1.165, 1.54) is 36.7 Å². The van der Waals surface area contributed by atoms with E-state index in [0.717, 1.165) is 0 Å². The number of carbonyl (C=O) groups excluding carboxylic acids is 2.